The highest BCUT2D eigenvalue weighted by molar-refractivity contribution is 5.99. The zero-order chi connectivity index (χ0) is 26.4. The molecule has 5 fully saturated rings. The van der Waals surface area contributed by atoms with Crippen molar-refractivity contribution >= 4 is 29.7 Å². The smallest absolute Gasteiger partial charge is 0.256 e. The average molecular weight is 513 g/mol. The number of rotatable bonds is 7. The number of hydrogen-bond donors (Lipinski definition) is 3. The molecule has 1 aliphatic heterocycles. The van der Waals surface area contributed by atoms with Crippen LogP contribution in [-0.4, -0.2) is 70.9 Å². The van der Waals surface area contributed by atoms with E-state index >= 15 is 0 Å². The van der Waals surface area contributed by atoms with Gasteiger partial charge in [0, 0.05) is 44.7 Å². The molecule has 37 heavy (non-hydrogen) atoms. The van der Waals surface area contributed by atoms with Gasteiger partial charge in [0.2, 0.25) is 11.8 Å². The maximum absolute atomic E-state index is 13.7. The molecule has 4 aliphatic carbocycles. The number of morpholine rings is 1. The standard InChI is InChI=1S/C27H40N6O4/c1-17(34)30-26(3,4)5-6-33-25(32-7-9-37-10-8-32)22(16-28-33)24(36)29-23-20-11-19-12-21(23)15-27(13-19,14-20)31-18(2)35/h5-6,16,19-21,23H,7-15H2,1-4H3,(H,29,36)(H,30,34)(H,31,35). The monoisotopic (exact) mass is 512 g/mol. The van der Waals surface area contributed by atoms with Gasteiger partial charge in [-0.1, -0.05) is 0 Å². The summed E-state index contributed by atoms with van der Waals surface area (Å²) in [6.07, 6.45) is 10.5. The topological polar surface area (TPSA) is 118 Å². The minimum absolute atomic E-state index is 0.0415. The van der Waals surface area contributed by atoms with Gasteiger partial charge in [-0.3, -0.25) is 14.4 Å². The number of nitrogens with one attached hydrogen (secondary N) is 3. The normalized spacial score (nSPS) is 31.0. The lowest BCUT2D eigenvalue weighted by Crippen LogP contribution is -2.66. The van der Waals surface area contributed by atoms with Crippen LogP contribution in [0.2, 0.25) is 0 Å². The largest absolute Gasteiger partial charge is 0.378 e. The van der Waals surface area contributed by atoms with Crippen molar-refractivity contribution in [3.63, 3.8) is 0 Å². The quantitative estimate of drug-likeness (QED) is 0.514. The Labute approximate surface area is 218 Å². The van der Waals surface area contributed by atoms with Crippen LogP contribution in [0.4, 0.5) is 5.82 Å². The third-order valence-corrected chi connectivity index (χ3v) is 8.47. The van der Waals surface area contributed by atoms with Crippen LogP contribution in [0.25, 0.3) is 6.20 Å². The van der Waals surface area contributed by atoms with Crippen LogP contribution in [0.1, 0.15) is 70.2 Å². The SMILES string of the molecule is CC(=O)NC(C)(C)C=Cn1ncc(C(=O)NC2C3CC4CC2CC(NC(C)=O)(C4)C3)c1N1CCOCC1. The fourth-order valence-corrected chi connectivity index (χ4v) is 7.48. The number of aromatic nitrogens is 2. The van der Waals surface area contributed by atoms with Crippen molar-refractivity contribution in [1.82, 2.24) is 25.7 Å². The van der Waals surface area contributed by atoms with Crippen LogP contribution in [0.5, 0.6) is 0 Å². The highest BCUT2D eigenvalue weighted by atomic mass is 16.5. The Hall–Kier alpha value is -2.88. The molecule has 10 nitrogen and oxygen atoms in total. The summed E-state index contributed by atoms with van der Waals surface area (Å²) in [7, 11) is 0. The lowest BCUT2D eigenvalue weighted by Gasteiger charge is -2.60. The molecule has 0 aromatic carbocycles. The molecule has 6 rings (SSSR count). The maximum atomic E-state index is 13.7. The fraction of sp³-hybridized carbons (Fsp3) is 0.704. The van der Waals surface area contributed by atoms with Gasteiger partial charge in [0.25, 0.3) is 5.91 Å². The molecule has 2 atom stereocenters. The molecule has 1 aromatic heterocycles. The van der Waals surface area contributed by atoms with Crippen molar-refractivity contribution in [3.05, 3.63) is 17.8 Å². The second kappa shape index (κ2) is 9.78. The lowest BCUT2D eigenvalue weighted by molar-refractivity contribution is -0.125. The van der Waals surface area contributed by atoms with E-state index in [-0.39, 0.29) is 29.3 Å². The van der Waals surface area contributed by atoms with Gasteiger partial charge in [-0.05, 0) is 69.8 Å². The summed E-state index contributed by atoms with van der Waals surface area (Å²) in [5, 5.41) is 14.1. The molecule has 10 heteroatoms. The Morgan fingerprint density at radius 3 is 2.38 bits per heavy atom. The van der Waals surface area contributed by atoms with Gasteiger partial charge < -0.3 is 25.6 Å². The van der Waals surface area contributed by atoms with E-state index in [0.29, 0.717) is 49.6 Å². The zero-order valence-electron chi connectivity index (χ0n) is 22.4. The Kier molecular flexibility index (Phi) is 6.81. The first kappa shape index (κ1) is 25.8. The van der Waals surface area contributed by atoms with Crippen LogP contribution in [-0.2, 0) is 14.3 Å². The molecule has 1 saturated heterocycles. The summed E-state index contributed by atoms with van der Waals surface area (Å²) in [6, 6.07) is 0.112. The van der Waals surface area contributed by atoms with Gasteiger partial charge >= 0.3 is 0 Å². The molecule has 0 spiro atoms. The molecular weight excluding hydrogens is 472 g/mol. The van der Waals surface area contributed by atoms with Crippen LogP contribution >= 0.6 is 0 Å². The highest BCUT2D eigenvalue weighted by Gasteiger charge is 2.56. The molecule has 2 heterocycles. The van der Waals surface area contributed by atoms with E-state index in [0.717, 1.165) is 37.9 Å². The van der Waals surface area contributed by atoms with Gasteiger partial charge in [0.05, 0.1) is 24.9 Å². The highest BCUT2D eigenvalue weighted by Crippen LogP contribution is 2.55. The summed E-state index contributed by atoms with van der Waals surface area (Å²) < 4.78 is 7.28. The average Bonchev–Trinajstić information content (AvgIpc) is 3.23. The fourth-order valence-electron chi connectivity index (χ4n) is 7.48. The van der Waals surface area contributed by atoms with Crippen molar-refractivity contribution in [2.75, 3.05) is 31.2 Å². The Bertz CT molecular complexity index is 1070. The molecule has 0 radical (unpaired) electrons. The van der Waals surface area contributed by atoms with Crippen LogP contribution < -0.4 is 20.9 Å². The van der Waals surface area contributed by atoms with Crippen LogP contribution in [0.3, 0.4) is 0 Å². The van der Waals surface area contributed by atoms with Gasteiger partial charge in [0.15, 0.2) is 0 Å². The van der Waals surface area contributed by atoms with Crippen molar-refractivity contribution in [2.45, 2.75) is 76.9 Å². The summed E-state index contributed by atoms with van der Waals surface area (Å²) in [5.41, 5.74) is -0.111. The Balaban J connectivity index is 1.37. The van der Waals surface area contributed by atoms with Gasteiger partial charge in [0.1, 0.15) is 11.4 Å². The third kappa shape index (κ3) is 5.39. The summed E-state index contributed by atoms with van der Waals surface area (Å²) >= 11 is 0. The first-order valence-electron chi connectivity index (χ1n) is 13.5. The molecular formula is C27H40N6O4. The second-order valence-corrected chi connectivity index (χ2v) is 12.1. The van der Waals surface area contributed by atoms with E-state index < -0.39 is 5.54 Å². The predicted octanol–water partition coefficient (Wildman–Crippen LogP) is 1.92. The minimum Gasteiger partial charge on any atom is -0.378 e. The lowest BCUT2D eigenvalue weighted by atomic mass is 9.51. The number of ether oxygens (including phenoxy) is 1. The Morgan fingerprint density at radius 1 is 1.08 bits per heavy atom. The molecule has 1 aromatic rings. The summed E-state index contributed by atoms with van der Waals surface area (Å²) in [5.74, 6) is 1.95. The van der Waals surface area contributed by atoms with Crippen LogP contribution in [0, 0.1) is 17.8 Å². The van der Waals surface area contributed by atoms with E-state index in [1.54, 1.807) is 17.8 Å². The summed E-state index contributed by atoms with van der Waals surface area (Å²) in [6.45, 7) is 9.45. The second-order valence-electron chi connectivity index (χ2n) is 12.1. The molecule has 3 N–H and O–H groups in total. The molecule has 4 bridgehead atoms. The molecule has 2 unspecified atom stereocenters. The van der Waals surface area contributed by atoms with Gasteiger partial charge in [-0.15, -0.1) is 0 Å². The van der Waals surface area contributed by atoms with E-state index in [2.05, 4.69) is 25.9 Å². The number of carbonyl (C=O) groups is 3. The number of nitrogens with zero attached hydrogens (tertiary/aromatic N) is 3. The van der Waals surface area contributed by atoms with E-state index in [4.69, 9.17) is 4.74 Å². The summed E-state index contributed by atoms with van der Waals surface area (Å²) in [4.78, 5) is 39.4. The minimum atomic E-state index is -0.563. The van der Waals surface area contributed by atoms with E-state index in [1.807, 2.05) is 26.1 Å². The van der Waals surface area contributed by atoms with Crippen molar-refractivity contribution in [1.29, 1.82) is 0 Å². The number of hydrogen-bond acceptors (Lipinski definition) is 6. The zero-order valence-corrected chi connectivity index (χ0v) is 22.4. The van der Waals surface area contributed by atoms with Crippen LogP contribution in [0.15, 0.2) is 12.3 Å². The third-order valence-electron chi connectivity index (χ3n) is 8.47. The van der Waals surface area contributed by atoms with E-state index in [9.17, 15) is 14.4 Å². The van der Waals surface area contributed by atoms with Crippen molar-refractivity contribution < 1.29 is 19.1 Å². The predicted molar refractivity (Wildman–Crippen MR) is 140 cm³/mol. The van der Waals surface area contributed by atoms with Gasteiger partial charge in [-0.2, -0.15) is 5.10 Å². The van der Waals surface area contributed by atoms with Crippen molar-refractivity contribution in [3.8, 4) is 0 Å². The van der Waals surface area contributed by atoms with E-state index in [1.165, 1.54) is 6.92 Å². The molecule has 5 aliphatic rings. The maximum Gasteiger partial charge on any atom is 0.256 e. The first-order valence-corrected chi connectivity index (χ1v) is 13.5. The number of carbonyl (C=O) groups excluding carboxylic acids is 3. The molecule has 4 saturated carbocycles. The Morgan fingerprint density at radius 2 is 1.76 bits per heavy atom. The van der Waals surface area contributed by atoms with Gasteiger partial charge in [-0.25, -0.2) is 4.68 Å². The molecule has 3 amide bonds. The first-order chi connectivity index (χ1) is 17.5. The number of amides is 3. The molecule has 202 valence electrons. The number of anilines is 1. The van der Waals surface area contributed by atoms with Crippen molar-refractivity contribution in [2.24, 2.45) is 17.8 Å².